The zero-order chi connectivity index (χ0) is 13.9. The lowest BCUT2D eigenvalue weighted by atomic mass is 10.1. The zero-order valence-electron chi connectivity index (χ0n) is 10.3. The Labute approximate surface area is 123 Å². The Hall–Kier alpha value is -2.25. The van der Waals surface area contributed by atoms with Crippen LogP contribution in [0.5, 0.6) is 0 Å². The molecule has 20 heavy (non-hydrogen) atoms. The zero-order valence-corrected chi connectivity index (χ0v) is 11.9. The van der Waals surface area contributed by atoms with Crippen LogP contribution in [0.1, 0.15) is 0 Å². The maximum Gasteiger partial charge on any atom is 0.159 e. The van der Waals surface area contributed by atoms with E-state index in [1.807, 2.05) is 30.5 Å². The van der Waals surface area contributed by atoms with Crippen LogP contribution < -0.4 is 16.6 Å². The summed E-state index contributed by atoms with van der Waals surface area (Å²) in [6.07, 6.45) is 5.02. The minimum absolute atomic E-state index is 0.515. The Kier molecular flexibility index (Phi) is 3.44. The molecule has 0 radical (unpaired) electrons. The summed E-state index contributed by atoms with van der Waals surface area (Å²) < 4.78 is 0.670. The Morgan fingerprint density at radius 3 is 2.80 bits per heavy atom. The average Bonchev–Trinajstić information content (AvgIpc) is 2.50. The molecule has 0 fully saturated rings. The van der Waals surface area contributed by atoms with Crippen molar-refractivity contribution >= 4 is 44.0 Å². The van der Waals surface area contributed by atoms with Gasteiger partial charge in [-0.1, -0.05) is 12.1 Å². The minimum atomic E-state index is 0.515. The molecule has 0 spiro atoms. The molecule has 0 aliphatic heterocycles. The summed E-state index contributed by atoms with van der Waals surface area (Å²) in [6.45, 7) is 0. The van der Waals surface area contributed by atoms with Gasteiger partial charge in [0.25, 0.3) is 0 Å². The van der Waals surface area contributed by atoms with Crippen molar-refractivity contribution < 1.29 is 0 Å². The molecule has 6 nitrogen and oxygen atoms in total. The normalized spacial score (nSPS) is 10.5. The van der Waals surface area contributed by atoms with Gasteiger partial charge in [-0.25, -0.2) is 15.8 Å². The summed E-state index contributed by atoms with van der Waals surface area (Å²) in [4.78, 5) is 12.4. The number of rotatable bonds is 3. The summed E-state index contributed by atoms with van der Waals surface area (Å²) in [5.41, 5.74) is 3.42. The van der Waals surface area contributed by atoms with Crippen molar-refractivity contribution in [3.05, 3.63) is 47.5 Å². The van der Waals surface area contributed by atoms with Crippen molar-refractivity contribution in [1.82, 2.24) is 15.0 Å². The minimum Gasteiger partial charge on any atom is -0.339 e. The van der Waals surface area contributed by atoms with E-state index in [0.29, 0.717) is 16.1 Å². The van der Waals surface area contributed by atoms with Crippen LogP contribution in [0, 0.1) is 0 Å². The SMILES string of the molecule is NNc1ncnc(Nc2cccc3ccncc23)c1Br. The Balaban J connectivity index is 2.06. The number of nitrogens with zero attached hydrogens (tertiary/aromatic N) is 3. The standard InChI is InChI=1S/C13H11BrN6/c14-11-12(17-7-18-13(11)20-15)19-10-3-1-2-8-4-5-16-6-9(8)10/h1-7H,15H2,(H2,17,18,19,20). The molecule has 0 atom stereocenters. The first kappa shape index (κ1) is 12.8. The molecule has 3 aromatic rings. The number of halogens is 1. The largest absolute Gasteiger partial charge is 0.339 e. The van der Waals surface area contributed by atoms with Crippen LogP contribution in [0.15, 0.2) is 47.5 Å². The molecule has 2 aromatic heterocycles. The average molecular weight is 331 g/mol. The first-order valence-electron chi connectivity index (χ1n) is 5.86. The summed E-state index contributed by atoms with van der Waals surface area (Å²) in [7, 11) is 0. The van der Waals surface area contributed by atoms with Crippen molar-refractivity contribution in [2.75, 3.05) is 10.7 Å². The molecule has 4 N–H and O–H groups in total. The van der Waals surface area contributed by atoms with E-state index in [9.17, 15) is 0 Å². The van der Waals surface area contributed by atoms with E-state index in [2.05, 4.69) is 41.6 Å². The summed E-state index contributed by atoms with van der Waals surface area (Å²) >= 11 is 3.42. The number of hydrogen-bond acceptors (Lipinski definition) is 6. The number of anilines is 3. The topological polar surface area (TPSA) is 88.8 Å². The molecule has 7 heteroatoms. The van der Waals surface area contributed by atoms with Crippen molar-refractivity contribution in [2.45, 2.75) is 0 Å². The lowest BCUT2D eigenvalue weighted by Gasteiger charge is -2.11. The highest BCUT2D eigenvalue weighted by molar-refractivity contribution is 9.10. The van der Waals surface area contributed by atoms with Crippen molar-refractivity contribution in [1.29, 1.82) is 0 Å². The Morgan fingerprint density at radius 1 is 1.10 bits per heavy atom. The summed E-state index contributed by atoms with van der Waals surface area (Å²) in [6, 6.07) is 7.93. The molecule has 0 saturated heterocycles. The first-order valence-corrected chi connectivity index (χ1v) is 6.66. The van der Waals surface area contributed by atoms with Gasteiger partial charge >= 0.3 is 0 Å². The molecule has 100 valence electrons. The van der Waals surface area contributed by atoms with Crippen molar-refractivity contribution in [2.24, 2.45) is 5.84 Å². The van der Waals surface area contributed by atoms with Gasteiger partial charge in [0.1, 0.15) is 16.6 Å². The fourth-order valence-electron chi connectivity index (χ4n) is 1.91. The Morgan fingerprint density at radius 2 is 1.95 bits per heavy atom. The lowest BCUT2D eigenvalue weighted by molar-refractivity contribution is 1.12. The monoisotopic (exact) mass is 330 g/mol. The maximum atomic E-state index is 5.40. The predicted molar refractivity (Wildman–Crippen MR) is 82.6 cm³/mol. The molecule has 1 aromatic carbocycles. The third-order valence-electron chi connectivity index (χ3n) is 2.86. The number of nitrogens with two attached hydrogens (primary N) is 1. The van der Waals surface area contributed by atoms with Gasteiger partial charge < -0.3 is 10.7 Å². The second-order valence-electron chi connectivity index (χ2n) is 4.06. The van der Waals surface area contributed by atoms with Gasteiger partial charge in [0.2, 0.25) is 0 Å². The fourth-order valence-corrected chi connectivity index (χ4v) is 2.33. The molecule has 0 aliphatic rings. The predicted octanol–water partition coefficient (Wildman–Crippen LogP) is 2.82. The van der Waals surface area contributed by atoms with Gasteiger partial charge in [0.05, 0.1) is 0 Å². The van der Waals surface area contributed by atoms with Gasteiger partial charge in [-0.15, -0.1) is 0 Å². The van der Waals surface area contributed by atoms with E-state index in [1.54, 1.807) is 6.20 Å². The van der Waals surface area contributed by atoms with E-state index >= 15 is 0 Å². The summed E-state index contributed by atoms with van der Waals surface area (Å²) in [5.74, 6) is 6.54. The van der Waals surface area contributed by atoms with Crippen LogP contribution in [-0.4, -0.2) is 15.0 Å². The van der Waals surface area contributed by atoms with Crippen LogP contribution in [0.4, 0.5) is 17.3 Å². The van der Waals surface area contributed by atoms with Crippen molar-refractivity contribution in [3.8, 4) is 0 Å². The number of benzene rings is 1. The van der Waals surface area contributed by atoms with Crippen LogP contribution in [0.2, 0.25) is 0 Å². The highest BCUT2D eigenvalue weighted by atomic mass is 79.9. The lowest BCUT2D eigenvalue weighted by Crippen LogP contribution is -2.10. The van der Waals surface area contributed by atoms with Crippen LogP contribution in [0.25, 0.3) is 10.8 Å². The smallest absolute Gasteiger partial charge is 0.159 e. The second-order valence-corrected chi connectivity index (χ2v) is 4.85. The third-order valence-corrected chi connectivity index (χ3v) is 3.61. The summed E-state index contributed by atoms with van der Waals surface area (Å²) in [5, 5.41) is 5.38. The number of aromatic nitrogens is 3. The number of pyridine rings is 1. The molecule has 0 aliphatic carbocycles. The molecule has 0 saturated carbocycles. The Bertz CT molecular complexity index is 755. The van der Waals surface area contributed by atoms with E-state index in [4.69, 9.17) is 5.84 Å². The third kappa shape index (κ3) is 2.28. The highest BCUT2D eigenvalue weighted by Crippen LogP contribution is 2.31. The van der Waals surface area contributed by atoms with Gasteiger partial charge in [-0.05, 0) is 33.4 Å². The number of hydrogen-bond donors (Lipinski definition) is 3. The second kappa shape index (κ2) is 5.40. The number of nitrogens with one attached hydrogen (secondary N) is 2. The fraction of sp³-hybridized carbons (Fsp3) is 0. The van der Waals surface area contributed by atoms with E-state index < -0.39 is 0 Å². The molecular weight excluding hydrogens is 320 g/mol. The van der Waals surface area contributed by atoms with Gasteiger partial charge in [0.15, 0.2) is 5.82 Å². The van der Waals surface area contributed by atoms with E-state index in [-0.39, 0.29) is 0 Å². The van der Waals surface area contributed by atoms with Gasteiger partial charge in [0, 0.05) is 23.5 Å². The van der Waals surface area contributed by atoms with E-state index in [0.717, 1.165) is 16.5 Å². The van der Waals surface area contributed by atoms with Crippen LogP contribution in [0.3, 0.4) is 0 Å². The van der Waals surface area contributed by atoms with E-state index in [1.165, 1.54) is 6.33 Å². The van der Waals surface area contributed by atoms with Crippen LogP contribution >= 0.6 is 15.9 Å². The number of hydrazine groups is 1. The van der Waals surface area contributed by atoms with Gasteiger partial charge in [-0.2, -0.15) is 0 Å². The first-order chi connectivity index (χ1) is 9.79. The molecule has 0 bridgehead atoms. The number of nitrogen functional groups attached to an aromatic ring is 1. The number of fused-ring (bicyclic) bond motifs is 1. The van der Waals surface area contributed by atoms with Gasteiger partial charge in [-0.3, -0.25) is 4.98 Å². The molecule has 2 heterocycles. The molecule has 0 amide bonds. The maximum absolute atomic E-state index is 5.40. The molecular formula is C13H11BrN6. The van der Waals surface area contributed by atoms with Crippen molar-refractivity contribution in [3.63, 3.8) is 0 Å². The molecule has 0 unspecified atom stereocenters. The molecule has 3 rings (SSSR count). The highest BCUT2D eigenvalue weighted by Gasteiger charge is 2.09. The van der Waals surface area contributed by atoms with Crippen LogP contribution in [-0.2, 0) is 0 Å². The quantitative estimate of drug-likeness (QED) is 0.505.